The minimum absolute atomic E-state index is 0.0804. The lowest BCUT2D eigenvalue weighted by molar-refractivity contribution is -0.102. The van der Waals surface area contributed by atoms with Gasteiger partial charge in [-0.15, -0.1) is 0 Å². The van der Waals surface area contributed by atoms with Crippen LogP contribution in [0.1, 0.15) is 23.9 Å². The Morgan fingerprint density at radius 2 is 1.90 bits per heavy atom. The molecule has 2 heterocycles. The van der Waals surface area contributed by atoms with Gasteiger partial charge in [-0.05, 0) is 37.3 Å². The number of anilines is 3. The summed E-state index contributed by atoms with van der Waals surface area (Å²) in [4.78, 5) is 27.0. The molecule has 3 aromatic rings. The zero-order valence-corrected chi connectivity index (χ0v) is 16.9. The third kappa shape index (κ3) is 6.14. The van der Waals surface area contributed by atoms with Crippen molar-refractivity contribution in [2.24, 2.45) is 0 Å². The number of carbonyl (C=O) groups excluding carboxylic acids is 1. The Balaban J connectivity index is 0.00000166. The molecule has 1 atom stereocenters. The summed E-state index contributed by atoms with van der Waals surface area (Å²) in [5.41, 5.74) is 5.16. The molecule has 1 unspecified atom stereocenters. The maximum absolute atomic E-state index is 11.1. The summed E-state index contributed by atoms with van der Waals surface area (Å²) in [6, 6.07) is 8.11. The second kappa shape index (κ2) is 10.5. The summed E-state index contributed by atoms with van der Waals surface area (Å²) in [5.74, 6) is 6.27. The molecule has 10 nitrogen and oxygen atoms in total. The van der Waals surface area contributed by atoms with E-state index in [0.29, 0.717) is 28.9 Å². The summed E-state index contributed by atoms with van der Waals surface area (Å²) < 4.78 is 0. The van der Waals surface area contributed by atoms with Crippen LogP contribution < -0.4 is 11.1 Å². The van der Waals surface area contributed by atoms with Gasteiger partial charge >= 0.3 is 0 Å². The molecule has 3 rings (SSSR count). The van der Waals surface area contributed by atoms with Crippen molar-refractivity contribution in [2.75, 3.05) is 18.2 Å². The van der Waals surface area contributed by atoms with E-state index in [1.807, 2.05) is 0 Å². The van der Waals surface area contributed by atoms with Gasteiger partial charge in [-0.25, -0.2) is 15.0 Å². The highest BCUT2D eigenvalue weighted by atomic mass is 16.3. The number of nitrogen functional groups attached to an aromatic ring is 1. The summed E-state index contributed by atoms with van der Waals surface area (Å²) in [6.07, 6.45) is 4.97. The Hall–Kier alpha value is -4.20. The average molecular weight is 419 g/mol. The minimum atomic E-state index is -1.55. The number of nitrogens with two attached hydrogens (primary N) is 1. The average Bonchev–Trinajstić information content (AvgIpc) is 2.79. The first-order valence-electron chi connectivity index (χ1n) is 8.90. The van der Waals surface area contributed by atoms with Crippen molar-refractivity contribution in [2.45, 2.75) is 12.5 Å². The summed E-state index contributed by atoms with van der Waals surface area (Å²) >= 11 is 0. The number of nitrogens with one attached hydrogen (secondary N) is 2. The topological polar surface area (TPSA) is 171 Å². The van der Waals surface area contributed by atoms with Crippen LogP contribution in [0.25, 0.3) is 0 Å². The lowest BCUT2D eigenvalue weighted by atomic mass is 10.0. The molecule has 0 bridgehead atoms. The van der Waals surface area contributed by atoms with Crippen molar-refractivity contribution in [3.05, 3.63) is 65.9 Å². The van der Waals surface area contributed by atoms with E-state index >= 15 is 0 Å². The predicted molar refractivity (Wildman–Crippen MR) is 116 cm³/mol. The number of nitrogens with zero attached hydrogens (tertiary/aromatic N) is 4. The smallest absolute Gasteiger partial charge is 0.221 e. The molecule has 0 aliphatic carbocycles. The molecule has 0 saturated carbocycles. The second-order valence-corrected chi connectivity index (χ2v) is 6.11. The van der Waals surface area contributed by atoms with Gasteiger partial charge in [-0.1, -0.05) is 11.8 Å². The van der Waals surface area contributed by atoms with Crippen molar-refractivity contribution in [3.8, 4) is 11.8 Å². The standard InChI is InChI=1S/C20H17N7O2.CH4O/c1-20(29,18-23-8-2-9-24-18)7-5-13-3-4-14(15(21)12-28)16(11-13)26-17-6-10-25-19(22)27-17;1-2/h2-4,6,8-12,21,29H,1H3,(H3,22,25,26,27);2H,1H3. The minimum Gasteiger partial charge on any atom is -0.400 e. The normalized spacial score (nSPS) is 11.6. The quantitative estimate of drug-likeness (QED) is 0.230. The van der Waals surface area contributed by atoms with Crippen LogP contribution in [0, 0.1) is 17.3 Å². The molecule has 0 aliphatic heterocycles. The van der Waals surface area contributed by atoms with Gasteiger partial charge in [-0.2, -0.15) is 4.98 Å². The maximum atomic E-state index is 11.1. The van der Waals surface area contributed by atoms with Crippen LogP contribution in [0.4, 0.5) is 17.5 Å². The molecule has 6 N–H and O–H groups in total. The Kier molecular flexibility index (Phi) is 7.85. The van der Waals surface area contributed by atoms with E-state index in [0.717, 1.165) is 7.11 Å². The van der Waals surface area contributed by atoms with Gasteiger partial charge in [0.15, 0.2) is 17.7 Å². The van der Waals surface area contributed by atoms with E-state index in [4.69, 9.17) is 16.2 Å². The molecule has 0 spiro atoms. The summed E-state index contributed by atoms with van der Waals surface area (Å²) in [7, 11) is 1.00. The van der Waals surface area contributed by atoms with E-state index in [9.17, 15) is 9.90 Å². The first-order valence-corrected chi connectivity index (χ1v) is 8.90. The zero-order valence-electron chi connectivity index (χ0n) is 16.9. The van der Waals surface area contributed by atoms with Gasteiger partial charge in [0.05, 0.1) is 5.69 Å². The number of hydrogen-bond donors (Lipinski definition) is 5. The van der Waals surface area contributed by atoms with E-state index < -0.39 is 5.60 Å². The molecule has 10 heteroatoms. The number of hydrogen-bond acceptors (Lipinski definition) is 10. The number of aliphatic hydroxyl groups is 2. The fourth-order valence-corrected chi connectivity index (χ4v) is 2.41. The number of carbonyl (C=O) groups is 1. The van der Waals surface area contributed by atoms with Crippen LogP contribution in [0.3, 0.4) is 0 Å². The first kappa shape index (κ1) is 23.1. The zero-order chi connectivity index (χ0) is 22.9. The van der Waals surface area contributed by atoms with E-state index in [1.165, 1.54) is 25.5 Å². The van der Waals surface area contributed by atoms with E-state index in [1.54, 1.807) is 30.3 Å². The van der Waals surface area contributed by atoms with Crippen LogP contribution in [-0.4, -0.2) is 49.3 Å². The number of aliphatic hydroxyl groups excluding tert-OH is 1. The fraction of sp³-hybridized carbons (Fsp3) is 0.143. The van der Waals surface area contributed by atoms with Crippen molar-refractivity contribution >= 4 is 29.5 Å². The third-order valence-electron chi connectivity index (χ3n) is 3.82. The monoisotopic (exact) mass is 419 g/mol. The fourth-order valence-electron chi connectivity index (χ4n) is 2.41. The molecule has 158 valence electrons. The molecule has 0 saturated heterocycles. The molecule has 2 aromatic heterocycles. The molecule has 31 heavy (non-hydrogen) atoms. The van der Waals surface area contributed by atoms with Crippen molar-refractivity contribution < 1.29 is 15.0 Å². The molecular formula is C21H21N7O3. The van der Waals surface area contributed by atoms with Gasteiger partial charge in [-0.3, -0.25) is 10.2 Å². The van der Waals surface area contributed by atoms with Crippen LogP contribution in [0.2, 0.25) is 0 Å². The summed E-state index contributed by atoms with van der Waals surface area (Å²) in [5, 5.41) is 28.4. The first-order chi connectivity index (χ1) is 14.9. The molecule has 0 aliphatic rings. The molecule has 1 aromatic carbocycles. The molecule has 0 amide bonds. The highest BCUT2D eigenvalue weighted by Crippen LogP contribution is 2.22. The van der Waals surface area contributed by atoms with Crippen molar-refractivity contribution in [3.63, 3.8) is 0 Å². The second-order valence-electron chi connectivity index (χ2n) is 6.11. The largest absolute Gasteiger partial charge is 0.400 e. The van der Waals surface area contributed by atoms with Gasteiger partial charge < -0.3 is 21.3 Å². The Bertz CT molecular complexity index is 1120. The summed E-state index contributed by atoms with van der Waals surface area (Å²) in [6.45, 7) is 1.49. The Labute approximate surface area is 178 Å². The molecule has 0 radical (unpaired) electrons. The van der Waals surface area contributed by atoms with Crippen LogP contribution in [0.5, 0.6) is 0 Å². The highest BCUT2D eigenvalue weighted by Gasteiger charge is 2.23. The predicted octanol–water partition coefficient (Wildman–Crippen LogP) is 1.03. The number of aromatic nitrogens is 4. The Morgan fingerprint density at radius 3 is 2.55 bits per heavy atom. The number of rotatable bonds is 5. The highest BCUT2D eigenvalue weighted by molar-refractivity contribution is 6.36. The molecular weight excluding hydrogens is 398 g/mol. The lowest BCUT2D eigenvalue weighted by Gasteiger charge is -2.14. The van der Waals surface area contributed by atoms with Crippen molar-refractivity contribution in [1.29, 1.82) is 5.41 Å². The van der Waals surface area contributed by atoms with Gasteiger partial charge in [0.25, 0.3) is 0 Å². The van der Waals surface area contributed by atoms with E-state index in [-0.39, 0.29) is 17.5 Å². The van der Waals surface area contributed by atoms with Gasteiger partial charge in [0, 0.05) is 36.8 Å². The number of aldehydes is 1. The van der Waals surface area contributed by atoms with Gasteiger partial charge in [0.1, 0.15) is 11.5 Å². The maximum Gasteiger partial charge on any atom is 0.221 e. The van der Waals surface area contributed by atoms with Crippen molar-refractivity contribution in [1.82, 2.24) is 19.9 Å². The van der Waals surface area contributed by atoms with Crippen LogP contribution in [-0.2, 0) is 10.4 Å². The van der Waals surface area contributed by atoms with Crippen LogP contribution >= 0.6 is 0 Å². The third-order valence-corrected chi connectivity index (χ3v) is 3.82. The van der Waals surface area contributed by atoms with E-state index in [2.05, 4.69) is 37.1 Å². The SMILES string of the molecule is CC(O)(C#Cc1ccc(C(=N)C=O)c(Nc2ccnc(N)n2)c1)c1ncccn1.CO. The number of benzene rings is 1. The Morgan fingerprint density at radius 1 is 1.19 bits per heavy atom. The molecule has 0 fully saturated rings. The van der Waals surface area contributed by atoms with Crippen LogP contribution in [0.15, 0.2) is 48.9 Å². The van der Waals surface area contributed by atoms with Gasteiger partial charge in [0.2, 0.25) is 5.95 Å². The lowest BCUT2D eigenvalue weighted by Crippen LogP contribution is -2.21.